The first-order valence-electron chi connectivity index (χ1n) is 3.66. The van der Waals surface area contributed by atoms with Gasteiger partial charge in [0.2, 0.25) is 0 Å². The van der Waals surface area contributed by atoms with Crippen LogP contribution in [-0.2, 0) is 0 Å². The highest BCUT2D eigenvalue weighted by molar-refractivity contribution is 7.07. The molecule has 3 N–H and O–H groups in total. The molecule has 1 aromatic heterocycles. The van der Waals surface area contributed by atoms with E-state index in [4.69, 9.17) is 5.73 Å². The summed E-state index contributed by atoms with van der Waals surface area (Å²) < 4.78 is 0. The maximum absolute atomic E-state index is 9.51. The summed E-state index contributed by atoms with van der Waals surface area (Å²) in [6, 6.07) is 1.99. The van der Waals surface area contributed by atoms with E-state index in [1.807, 2.05) is 23.8 Å². The molecule has 0 aliphatic carbocycles. The number of nitrogens with two attached hydrogens (primary N) is 1. The third-order valence-corrected chi connectivity index (χ3v) is 2.22. The van der Waals surface area contributed by atoms with Crippen molar-refractivity contribution in [3.63, 3.8) is 0 Å². The van der Waals surface area contributed by atoms with Crippen LogP contribution in [0.1, 0.15) is 25.0 Å². The van der Waals surface area contributed by atoms with Crippen LogP contribution in [0, 0.1) is 0 Å². The van der Waals surface area contributed by atoms with Crippen LogP contribution < -0.4 is 5.73 Å². The number of hydrogen-bond acceptors (Lipinski definition) is 3. The normalized spacial score (nSPS) is 16.3. The summed E-state index contributed by atoms with van der Waals surface area (Å²) in [5.41, 5.74) is 6.52. The van der Waals surface area contributed by atoms with Gasteiger partial charge < -0.3 is 10.8 Å². The van der Waals surface area contributed by atoms with Crippen molar-refractivity contribution in [2.45, 2.75) is 25.5 Å². The average molecular weight is 171 g/mol. The highest BCUT2D eigenvalue weighted by Crippen LogP contribution is 2.19. The van der Waals surface area contributed by atoms with Crippen LogP contribution >= 0.6 is 11.3 Å². The molecule has 62 valence electrons. The molecule has 3 heteroatoms. The molecule has 2 nitrogen and oxygen atoms in total. The molecule has 11 heavy (non-hydrogen) atoms. The lowest BCUT2D eigenvalue weighted by Crippen LogP contribution is -2.18. The highest BCUT2D eigenvalue weighted by Gasteiger charge is 2.09. The van der Waals surface area contributed by atoms with Crippen LogP contribution in [0.4, 0.5) is 0 Å². The first-order valence-corrected chi connectivity index (χ1v) is 4.60. The fourth-order valence-electron chi connectivity index (χ4n) is 0.953. The van der Waals surface area contributed by atoms with E-state index in [0.717, 1.165) is 5.56 Å². The van der Waals surface area contributed by atoms with Crippen LogP contribution in [-0.4, -0.2) is 11.1 Å². The zero-order chi connectivity index (χ0) is 8.27. The predicted molar refractivity (Wildman–Crippen MR) is 47.5 cm³/mol. The van der Waals surface area contributed by atoms with Crippen molar-refractivity contribution in [2.24, 2.45) is 5.73 Å². The average Bonchev–Trinajstić information content (AvgIpc) is 2.35. The Bertz CT molecular complexity index is 196. The first-order chi connectivity index (χ1) is 5.20. The molecule has 0 amide bonds. The molecule has 0 spiro atoms. The minimum Gasteiger partial charge on any atom is -0.388 e. The summed E-state index contributed by atoms with van der Waals surface area (Å²) >= 11 is 1.59. The molecule has 1 aromatic rings. The molecule has 1 rings (SSSR count). The Kier molecular flexibility index (Phi) is 3.05. The van der Waals surface area contributed by atoms with Crippen molar-refractivity contribution >= 4 is 11.3 Å². The lowest BCUT2D eigenvalue weighted by molar-refractivity contribution is 0.160. The molecule has 0 bridgehead atoms. The molecule has 0 aliphatic heterocycles. The second-order valence-corrected chi connectivity index (χ2v) is 3.57. The van der Waals surface area contributed by atoms with Gasteiger partial charge >= 0.3 is 0 Å². The largest absolute Gasteiger partial charge is 0.388 e. The van der Waals surface area contributed by atoms with Gasteiger partial charge in [0, 0.05) is 6.04 Å². The van der Waals surface area contributed by atoms with Crippen molar-refractivity contribution in [1.29, 1.82) is 0 Å². The van der Waals surface area contributed by atoms with Gasteiger partial charge in [0.15, 0.2) is 0 Å². The second kappa shape index (κ2) is 3.85. The molecular weight excluding hydrogens is 158 g/mol. The Morgan fingerprint density at radius 3 is 2.91 bits per heavy atom. The van der Waals surface area contributed by atoms with E-state index >= 15 is 0 Å². The van der Waals surface area contributed by atoms with Gasteiger partial charge in [-0.3, -0.25) is 0 Å². The van der Waals surface area contributed by atoms with Crippen LogP contribution in [0.3, 0.4) is 0 Å². The number of aliphatic hydroxyl groups excluding tert-OH is 1. The highest BCUT2D eigenvalue weighted by atomic mass is 32.1. The van der Waals surface area contributed by atoms with Crippen LogP contribution in [0.2, 0.25) is 0 Å². The van der Waals surface area contributed by atoms with E-state index in [-0.39, 0.29) is 12.1 Å². The van der Waals surface area contributed by atoms with E-state index in [2.05, 4.69) is 0 Å². The Hall–Kier alpha value is -0.380. The van der Waals surface area contributed by atoms with Crippen LogP contribution in [0.15, 0.2) is 16.8 Å². The Balaban J connectivity index is 2.49. The quantitative estimate of drug-likeness (QED) is 0.724. The minimum absolute atomic E-state index is 0.0601. The molecular formula is C8H13NOS. The number of rotatable bonds is 3. The van der Waals surface area contributed by atoms with Crippen molar-refractivity contribution < 1.29 is 5.11 Å². The molecule has 0 aromatic carbocycles. The molecule has 0 radical (unpaired) electrons. The summed E-state index contributed by atoms with van der Waals surface area (Å²) in [5.74, 6) is 0. The van der Waals surface area contributed by atoms with Gasteiger partial charge in [0.1, 0.15) is 0 Å². The van der Waals surface area contributed by atoms with Gasteiger partial charge in [-0.1, -0.05) is 0 Å². The molecule has 0 saturated carbocycles. The van der Waals surface area contributed by atoms with E-state index < -0.39 is 0 Å². The van der Waals surface area contributed by atoms with Crippen molar-refractivity contribution in [1.82, 2.24) is 0 Å². The van der Waals surface area contributed by atoms with Gasteiger partial charge in [0.05, 0.1) is 6.10 Å². The summed E-state index contributed by atoms with van der Waals surface area (Å²) in [4.78, 5) is 0. The van der Waals surface area contributed by atoms with Crippen molar-refractivity contribution in [2.75, 3.05) is 0 Å². The summed E-state index contributed by atoms with van der Waals surface area (Å²) in [6.45, 7) is 1.90. The lowest BCUT2D eigenvalue weighted by atomic mass is 10.1. The van der Waals surface area contributed by atoms with Crippen molar-refractivity contribution in [3.8, 4) is 0 Å². The Morgan fingerprint density at radius 1 is 1.73 bits per heavy atom. The van der Waals surface area contributed by atoms with E-state index in [0.29, 0.717) is 6.42 Å². The molecule has 0 fully saturated rings. The molecule has 0 aliphatic rings. The van der Waals surface area contributed by atoms with Crippen molar-refractivity contribution in [3.05, 3.63) is 22.4 Å². The Morgan fingerprint density at radius 2 is 2.45 bits per heavy atom. The third-order valence-electron chi connectivity index (χ3n) is 1.52. The lowest BCUT2D eigenvalue weighted by Gasteiger charge is -2.10. The standard InChI is InChI=1S/C8H13NOS/c1-6(9)4-8(10)7-2-3-11-5-7/h2-3,5-6,8,10H,4,9H2,1H3. The fraction of sp³-hybridized carbons (Fsp3) is 0.500. The van der Waals surface area contributed by atoms with Gasteiger partial charge in [-0.15, -0.1) is 0 Å². The molecule has 0 saturated heterocycles. The molecule has 2 atom stereocenters. The van der Waals surface area contributed by atoms with E-state index in [9.17, 15) is 5.11 Å². The first kappa shape index (κ1) is 8.71. The predicted octanol–water partition coefficient (Wildman–Crippen LogP) is 1.52. The third kappa shape index (κ3) is 2.61. The van der Waals surface area contributed by atoms with Gasteiger partial charge in [-0.25, -0.2) is 0 Å². The smallest absolute Gasteiger partial charge is 0.0812 e. The summed E-state index contributed by atoms with van der Waals surface area (Å²) in [5, 5.41) is 13.4. The van der Waals surface area contributed by atoms with Crippen LogP contribution in [0.25, 0.3) is 0 Å². The topological polar surface area (TPSA) is 46.2 Å². The van der Waals surface area contributed by atoms with Gasteiger partial charge in [0.25, 0.3) is 0 Å². The SMILES string of the molecule is CC(N)CC(O)c1ccsc1. The zero-order valence-corrected chi connectivity index (χ0v) is 7.34. The van der Waals surface area contributed by atoms with Crippen LogP contribution in [0.5, 0.6) is 0 Å². The van der Waals surface area contributed by atoms with E-state index in [1.54, 1.807) is 11.3 Å². The Labute approximate surface area is 70.7 Å². The maximum atomic E-state index is 9.51. The molecule has 2 unspecified atom stereocenters. The zero-order valence-electron chi connectivity index (χ0n) is 6.53. The second-order valence-electron chi connectivity index (χ2n) is 2.79. The van der Waals surface area contributed by atoms with Gasteiger partial charge in [-0.2, -0.15) is 11.3 Å². The van der Waals surface area contributed by atoms with E-state index in [1.165, 1.54) is 0 Å². The monoisotopic (exact) mass is 171 g/mol. The number of aliphatic hydroxyl groups is 1. The number of thiophene rings is 1. The number of hydrogen-bond donors (Lipinski definition) is 2. The fourth-order valence-corrected chi connectivity index (χ4v) is 1.66. The maximum Gasteiger partial charge on any atom is 0.0812 e. The van der Waals surface area contributed by atoms with Gasteiger partial charge in [-0.05, 0) is 35.7 Å². The minimum atomic E-state index is -0.388. The summed E-state index contributed by atoms with van der Waals surface area (Å²) in [6.07, 6.45) is 0.248. The molecule has 1 heterocycles. The summed E-state index contributed by atoms with van der Waals surface area (Å²) in [7, 11) is 0.